The van der Waals surface area contributed by atoms with Crippen molar-refractivity contribution in [2.75, 3.05) is 19.8 Å². The monoisotopic (exact) mass is 278 g/mol. The molecular weight excluding hydrogens is 260 g/mol. The molecule has 1 aromatic rings. The number of nitriles is 1. The van der Waals surface area contributed by atoms with Gasteiger partial charge in [-0.15, -0.1) is 11.8 Å². The zero-order valence-corrected chi connectivity index (χ0v) is 12.2. The predicted molar refractivity (Wildman–Crippen MR) is 76.2 cm³/mol. The van der Waals surface area contributed by atoms with E-state index < -0.39 is 6.10 Å². The van der Waals surface area contributed by atoms with E-state index in [2.05, 4.69) is 0 Å². The minimum Gasteiger partial charge on any atom is -0.481 e. The van der Waals surface area contributed by atoms with Crippen LogP contribution >= 0.6 is 11.8 Å². The van der Waals surface area contributed by atoms with E-state index in [4.69, 9.17) is 10.00 Å². The summed E-state index contributed by atoms with van der Waals surface area (Å²) in [6.45, 7) is 2.14. The number of thioether (sulfide) groups is 1. The molecule has 0 saturated carbocycles. The summed E-state index contributed by atoms with van der Waals surface area (Å²) < 4.78 is 5.59. The Morgan fingerprint density at radius 3 is 2.63 bits per heavy atom. The fourth-order valence-electron chi connectivity index (χ4n) is 1.55. The third-order valence-corrected chi connectivity index (χ3v) is 3.40. The lowest BCUT2D eigenvalue weighted by atomic mass is 10.3. The second-order valence-electron chi connectivity index (χ2n) is 4.10. The average molecular weight is 278 g/mol. The summed E-state index contributed by atoms with van der Waals surface area (Å²) in [5.74, 6) is 0.552. The van der Waals surface area contributed by atoms with E-state index in [1.54, 1.807) is 25.7 Å². The molecule has 0 bridgehead atoms. The van der Waals surface area contributed by atoms with Crippen LogP contribution in [0.4, 0.5) is 0 Å². The van der Waals surface area contributed by atoms with Crippen molar-refractivity contribution in [1.82, 2.24) is 4.90 Å². The summed E-state index contributed by atoms with van der Waals surface area (Å²) in [7, 11) is 1.68. The number of hydrogen-bond donors (Lipinski definition) is 0. The van der Waals surface area contributed by atoms with E-state index in [1.165, 1.54) is 4.90 Å². The first-order chi connectivity index (χ1) is 9.08. The molecule has 0 fully saturated rings. The summed E-state index contributed by atoms with van der Waals surface area (Å²) in [5, 5.41) is 8.50. The third-order valence-electron chi connectivity index (χ3n) is 2.66. The van der Waals surface area contributed by atoms with Gasteiger partial charge in [-0.25, -0.2) is 0 Å². The van der Waals surface area contributed by atoms with Crippen molar-refractivity contribution in [3.63, 3.8) is 0 Å². The molecule has 0 aliphatic rings. The lowest BCUT2D eigenvalue weighted by Crippen LogP contribution is -2.38. The Bertz CT molecular complexity index is 454. The molecule has 0 aliphatic heterocycles. The number of ether oxygens (including phenoxy) is 1. The number of likely N-dealkylation sites (N-methyl/N-ethyl adjacent to an activating group) is 1. The minimum atomic E-state index is -0.552. The van der Waals surface area contributed by atoms with Gasteiger partial charge in [-0.1, -0.05) is 0 Å². The Morgan fingerprint density at radius 1 is 1.47 bits per heavy atom. The van der Waals surface area contributed by atoms with Crippen LogP contribution in [0.3, 0.4) is 0 Å². The second kappa shape index (κ2) is 7.70. The summed E-state index contributed by atoms with van der Waals surface area (Å²) in [4.78, 5) is 14.6. The third kappa shape index (κ3) is 4.84. The summed E-state index contributed by atoms with van der Waals surface area (Å²) >= 11 is 1.66. The maximum Gasteiger partial charge on any atom is 0.263 e. The number of nitrogens with zero attached hydrogens (tertiary/aromatic N) is 2. The second-order valence-corrected chi connectivity index (χ2v) is 4.98. The van der Waals surface area contributed by atoms with Crippen LogP contribution in [0.25, 0.3) is 0 Å². The van der Waals surface area contributed by atoms with E-state index >= 15 is 0 Å². The lowest BCUT2D eigenvalue weighted by molar-refractivity contribution is -0.136. The SMILES string of the molecule is CSc1ccc(O[C@@H](C)C(=O)N(C)CCC#N)cc1. The van der Waals surface area contributed by atoms with Crippen LogP contribution < -0.4 is 4.74 Å². The van der Waals surface area contributed by atoms with Crippen molar-refractivity contribution in [3.05, 3.63) is 24.3 Å². The van der Waals surface area contributed by atoms with Crippen molar-refractivity contribution < 1.29 is 9.53 Å². The topological polar surface area (TPSA) is 53.3 Å². The number of rotatable bonds is 6. The standard InChI is InChI=1S/C14H18N2O2S/c1-11(14(17)16(2)10-4-9-15)18-12-5-7-13(19-3)8-6-12/h5-8,11H,4,10H2,1-3H3/t11-/m0/s1. The molecule has 1 aromatic carbocycles. The fourth-order valence-corrected chi connectivity index (χ4v) is 1.96. The molecule has 1 rings (SSSR count). The minimum absolute atomic E-state index is 0.121. The van der Waals surface area contributed by atoms with E-state index in [1.807, 2.05) is 36.6 Å². The summed E-state index contributed by atoms with van der Waals surface area (Å²) in [6.07, 6.45) is 1.78. The summed E-state index contributed by atoms with van der Waals surface area (Å²) in [6, 6.07) is 9.63. The van der Waals surface area contributed by atoms with E-state index in [-0.39, 0.29) is 5.91 Å². The molecular formula is C14H18N2O2S. The van der Waals surface area contributed by atoms with Crippen LogP contribution in [-0.4, -0.2) is 36.8 Å². The van der Waals surface area contributed by atoms with Gasteiger partial charge in [0.2, 0.25) is 0 Å². The van der Waals surface area contributed by atoms with Crippen LogP contribution in [-0.2, 0) is 4.79 Å². The van der Waals surface area contributed by atoms with Crippen molar-refractivity contribution >= 4 is 17.7 Å². The Hall–Kier alpha value is -1.67. The molecule has 1 amide bonds. The number of benzene rings is 1. The van der Waals surface area contributed by atoms with Gasteiger partial charge in [0.15, 0.2) is 6.10 Å². The van der Waals surface area contributed by atoms with E-state index in [0.717, 1.165) is 4.90 Å². The normalized spacial score (nSPS) is 11.5. The number of amides is 1. The molecule has 0 heterocycles. The lowest BCUT2D eigenvalue weighted by Gasteiger charge is -2.21. The Kier molecular flexibility index (Phi) is 6.23. The van der Waals surface area contributed by atoms with Crippen molar-refractivity contribution in [1.29, 1.82) is 5.26 Å². The van der Waals surface area contributed by atoms with Crippen molar-refractivity contribution in [3.8, 4) is 11.8 Å². The highest BCUT2D eigenvalue weighted by atomic mass is 32.2. The maximum absolute atomic E-state index is 12.0. The van der Waals surface area contributed by atoms with Crippen molar-refractivity contribution in [2.24, 2.45) is 0 Å². The van der Waals surface area contributed by atoms with Crippen LogP contribution in [0.1, 0.15) is 13.3 Å². The molecule has 102 valence electrons. The smallest absolute Gasteiger partial charge is 0.263 e. The number of carbonyl (C=O) groups excluding carboxylic acids is 1. The first-order valence-corrected chi connectivity index (χ1v) is 7.23. The van der Waals surface area contributed by atoms with Gasteiger partial charge in [-0.3, -0.25) is 4.79 Å². The van der Waals surface area contributed by atoms with Crippen LogP contribution in [0.15, 0.2) is 29.2 Å². The quantitative estimate of drug-likeness (QED) is 0.750. The van der Waals surface area contributed by atoms with Gasteiger partial charge in [0.25, 0.3) is 5.91 Å². The van der Waals surface area contributed by atoms with Gasteiger partial charge in [0, 0.05) is 18.5 Å². The number of hydrogen-bond acceptors (Lipinski definition) is 4. The highest BCUT2D eigenvalue weighted by Crippen LogP contribution is 2.20. The molecule has 1 atom stereocenters. The maximum atomic E-state index is 12.0. The van der Waals surface area contributed by atoms with E-state index in [0.29, 0.717) is 18.7 Å². The first-order valence-electron chi connectivity index (χ1n) is 6.01. The number of carbonyl (C=O) groups is 1. The molecule has 0 radical (unpaired) electrons. The first kappa shape index (κ1) is 15.4. The molecule has 0 N–H and O–H groups in total. The molecule has 19 heavy (non-hydrogen) atoms. The zero-order valence-electron chi connectivity index (χ0n) is 11.4. The highest BCUT2D eigenvalue weighted by Gasteiger charge is 2.18. The van der Waals surface area contributed by atoms with Crippen LogP contribution in [0.2, 0.25) is 0 Å². The predicted octanol–water partition coefficient (Wildman–Crippen LogP) is 2.55. The van der Waals surface area contributed by atoms with E-state index in [9.17, 15) is 4.79 Å². The fraction of sp³-hybridized carbons (Fsp3) is 0.429. The van der Waals surface area contributed by atoms with Crippen molar-refractivity contribution in [2.45, 2.75) is 24.3 Å². The molecule has 0 aromatic heterocycles. The summed E-state index contributed by atoms with van der Waals surface area (Å²) in [5.41, 5.74) is 0. The molecule has 0 aliphatic carbocycles. The Morgan fingerprint density at radius 2 is 2.11 bits per heavy atom. The molecule has 4 nitrogen and oxygen atoms in total. The van der Waals surface area contributed by atoms with Gasteiger partial charge >= 0.3 is 0 Å². The van der Waals surface area contributed by atoms with Gasteiger partial charge in [-0.05, 0) is 37.4 Å². The van der Waals surface area contributed by atoms with Gasteiger partial charge < -0.3 is 9.64 Å². The molecule has 0 saturated heterocycles. The highest BCUT2D eigenvalue weighted by molar-refractivity contribution is 7.98. The van der Waals surface area contributed by atoms with Crippen LogP contribution in [0.5, 0.6) is 5.75 Å². The van der Waals surface area contributed by atoms with Gasteiger partial charge in [-0.2, -0.15) is 5.26 Å². The molecule has 0 unspecified atom stereocenters. The Balaban J connectivity index is 2.55. The molecule has 5 heteroatoms. The Labute approximate surface area is 118 Å². The largest absolute Gasteiger partial charge is 0.481 e. The van der Waals surface area contributed by atoms with Gasteiger partial charge in [0.05, 0.1) is 12.5 Å². The zero-order chi connectivity index (χ0) is 14.3. The molecule has 0 spiro atoms. The van der Waals surface area contributed by atoms with Crippen LogP contribution in [0, 0.1) is 11.3 Å². The average Bonchev–Trinajstić information content (AvgIpc) is 2.44. The van der Waals surface area contributed by atoms with Gasteiger partial charge in [0.1, 0.15) is 5.75 Å².